The Kier molecular flexibility index (Phi) is 4.33. The maximum Gasteiger partial charge on any atom is 0.422 e. The zero-order valence-electron chi connectivity index (χ0n) is 10.5. The molecule has 1 unspecified atom stereocenters. The summed E-state index contributed by atoms with van der Waals surface area (Å²) in [6, 6.07) is 3.88. The van der Waals surface area contributed by atoms with Crippen molar-refractivity contribution in [3.63, 3.8) is 0 Å². The van der Waals surface area contributed by atoms with Crippen molar-refractivity contribution in [2.45, 2.75) is 25.6 Å². The van der Waals surface area contributed by atoms with Gasteiger partial charge in [0.25, 0.3) is 5.91 Å². The van der Waals surface area contributed by atoms with Gasteiger partial charge in [-0.2, -0.15) is 13.2 Å². The maximum atomic E-state index is 12.8. The van der Waals surface area contributed by atoms with E-state index in [9.17, 15) is 22.8 Å². The van der Waals surface area contributed by atoms with Crippen molar-refractivity contribution < 1.29 is 27.9 Å². The minimum Gasteiger partial charge on any atom is -0.479 e. The summed E-state index contributed by atoms with van der Waals surface area (Å²) < 4.78 is 38.3. The number of amides is 1. The third kappa shape index (κ3) is 3.04. The molecule has 8 heteroatoms. The molecule has 0 aliphatic rings. The van der Waals surface area contributed by atoms with E-state index in [-0.39, 0.29) is 10.6 Å². The highest BCUT2D eigenvalue weighted by Gasteiger charge is 2.58. The van der Waals surface area contributed by atoms with E-state index in [1.165, 1.54) is 23.5 Å². The number of carboxylic acids is 1. The average Bonchev–Trinajstić information content (AvgIpc) is 2.30. The number of carboxylic acid groups (broad SMARTS) is 1. The molecule has 0 spiro atoms. The predicted molar refractivity (Wildman–Crippen MR) is 65.8 cm³/mol. The molecule has 0 fully saturated rings. The molecule has 0 radical (unpaired) electrons. The first-order chi connectivity index (χ1) is 8.99. The van der Waals surface area contributed by atoms with Crippen molar-refractivity contribution in [3.8, 4) is 0 Å². The number of carbonyl (C=O) groups excluding carboxylic acids is 1. The number of hydrogen-bond acceptors (Lipinski definition) is 2. The van der Waals surface area contributed by atoms with Crippen LogP contribution in [0.15, 0.2) is 18.2 Å². The molecular formula is C12H11ClF3NO3. The Balaban J connectivity index is 3.09. The molecule has 4 nitrogen and oxygen atoms in total. The molecule has 0 saturated carbocycles. The Bertz CT molecular complexity index is 559. The molecule has 1 atom stereocenters. The lowest BCUT2D eigenvalue weighted by Crippen LogP contribution is -2.61. The molecule has 0 saturated heterocycles. The lowest BCUT2D eigenvalue weighted by atomic mass is 10.0. The first-order valence-corrected chi connectivity index (χ1v) is 5.75. The van der Waals surface area contributed by atoms with Crippen LogP contribution in [0.25, 0.3) is 0 Å². The van der Waals surface area contributed by atoms with Crippen LogP contribution in [0.4, 0.5) is 13.2 Å². The molecule has 0 aromatic heterocycles. The fourth-order valence-corrected chi connectivity index (χ4v) is 1.46. The minimum atomic E-state index is -5.14. The van der Waals surface area contributed by atoms with E-state index >= 15 is 0 Å². The van der Waals surface area contributed by atoms with Gasteiger partial charge in [0.1, 0.15) is 0 Å². The van der Waals surface area contributed by atoms with Crippen molar-refractivity contribution in [2.75, 3.05) is 0 Å². The van der Waals surface area contributed by atoms with Crippen molar-refractivity contribution >= 4 is 23.5 Å². The number of halogens is 4. The van der Waals surface area contributed by atoms with Crippen LogP contribution in [-0.2, 0) is 4.79 Å². The molecule has 0 aliphatic heterocycles. The minimum absolute atomic E-state index is 0.155. The van der Waals surface area contributed by atoms with Crippen LogP contribution in [0.5, 0.6) is 0 Å². The molecule has 1 aromatic rings. The van der Waals surface area contributed by atoms with Crippen LogP contribution < -0.4 is 5.32 Å². The first kappa shape index (κ1) is 16.3. The number of aryl methyl sites for hydroxylation is 1. The van der Waals surface area contributed by atoms with Gasteiger partial charge in [-0.05, 0) is 31.5 Å². The van der Waals surface area contributed by atoms with Gasteiger partial charge in [0.15, 0.2) is 0 Å². The van der Waals surface area contributed by atoms with E-state index in [1.807, 2.05) is 0 Å². The van der Waals surface area contributed by atoms with E-state index in [1.54, 1.807) is 6.92 Å². The fraction of sp³-hybridized carbons (Fsp3) is 0.333. The van der Waals surface area contributed by atoms with Gasteiger partial charge in [-0.25, -0.2) is 4.79 Å². The van der Waals surface area contributed by atoms with Gasteiger partial charge in [-0.1, -0.05) is 17.7 Å². The van der Waals surface area contributed by atoms with Crippen LogP contribution >= 0.6 is 11.6 Å². The van der Waals surface area contributed by atoms with Crippen LogP contribution in [0.2, 0.25) is 5.02 Å². The Hall–Kier alpha value is -1.76. The standard InChI is InChI=1S/C12H11ClF3NO3/c1-6-3-4-7(5-8(6)13)9(18)17-11(2,10(19)20)12(14,15)16/h3-5H,1-2H3,(H,17,18)(H,19,20). The summed E-state index contributed by atoms with van der Waals surface area (Å²) in [5.41, 5.74) is -2.89. The Morgan fingerprint density at radius 1 is 1.30 bits per heavy atom. The quantitative estimate of drug-likeness (QED) is 0.902. The number of carbonyl (C=O) groups is 2. The van der Waals surface area contributed by atoms with Crippen molar-refractivity contribution in [1.29, 1.82) is 0 Å². The summed E-state index contributed by atoms with van der Waals surface area (Å²) in [6.07, 6.45) is -5.14. The lowest BCUT2D eigenvalue weighted by Gasteiger charge is -2.28. The molecule has 20 heavy (non-hydrogen) atoms. The van der Waals surface area contributed by atoms with Crippen molar-refractivity contribution in [1.82, 2.24) is 5.32 Å². The summed E-state index contributed by atoms with van der Waals surface area (Å²) in [5, 5.41) is 10.4. The van der Waals surface area contributed by atoms with Gasteiger partial charge in [-0.3, -0.25) is 4.79 Å². The highest BCUT2D eigenvalue weighted by Crippen LogP contribution is 2.31. The summed E-state index contributed by atoms with van der Waals surface area (Å²) in [7, 11) is 0. The van der Waals surface area contributed by atoms with E-state index in [0.29, 0.717) is 12.5 Å². The SMILES string of the molecule is Cc1ccc(C(=O)NC(C)(C(=O)O)C(F)(F)F)cc1Cl. The van der Waals surface area contributed by atoms with E-state index in [2.05, 4.69) is 0 Å². The molecule has 1 rings (SSSR count). The van der Waals surface area contributed by atoms with E-state index in [4.69, 9.17) is 16.7 Å². The Morgan fingerprint density at radius 2 is 1.85 bits per heavy atom. The van der Waals surface area contributed by atoms with E-state index in [0.717, 1.165) is 0 Å². The van der Waals surface area contributed by atoms with Crippen LogP contribution in [0, 0.1) is 6.92 Å². The van der Waals surface area contributed by atoms with Crippen molar-refractivity contribution in [2.24, 2.45) is 0 Å². The van der Waals surface area contributed by atoms with Gasteiger partial charge < -0.3 is 10.4 Å². The summed E-state index contributed by atoms with van der Waals surface area (Å²) in [6.45, 7) is 2.03. The molecule has 1 amide bonds. The smallest absolute Gasteiger partial charge is 0.422 e. The fourth-order valence-electron chi connectivity index (χ4n) is 1.28. The number of benzene rings is 1. The van der Waals surface area contributed by atoms with Gasteiger partial charge in [-0.15, -0.1) is 0 Å². The number of aliphatic carboxylic acids is 1. The Morgan fingerprint density at radius 3 is 2.25 bits per heavy atom. The molecule has 2 N–H and O–H groups in total. The van der Waals surface area contributed by atoms with Crippen LogP contribution in [0.1, 0.15) is 22.8 Å². The third-order valence-corrected chi connectivity index (χ3v) is 3.20. The lowest BCUT2D eigenvalue weighted by molar-refractivity contribution is -0.203. The average molecular weight is 310 g/mol. The van der Waals surface area contributed by atoms with Crippen LogP contribution in [0.3, 0.4) is 0 Å². The highest BCUT2D eigenvalue weighted by molar-refractivity contribution is 6.31. The van der Waals surface area contributed by atoms with Crippen LogP contribution in [-0.4, -0.2) is 28.7 Å². The summed E-state index contributed by atoms with van der Waals surface area (Å²) in [5.74, 6) is -3.37. The monoisotopic (exact) mass is 309 g/mol. The summed E-state index contributed by atoms with van der Waals surface area (Å²) >= 11 is 5.76. The molecule has 0 heterocycles. The maximum absolute atomic E-state index is 12.8. The van der Waals surface area contributed by atoms with Crippen molar-refractivity contribution in [3.05, 3.63) is 34.3 Å². The van der Waals surface area contributed by atoms with Gasteiger partial charge >= 0.3 is 12.1 Å². The second-order valence-electron chi connectivity index (χ2n) is 4.35. The van der Waals surface area contributed by atoms with Gasteiger partial charge in [0.05, 0.1) is 0 Å². The molecule has 1 aromatic carbocycles. The second kappa shape index (κ2) is 5.32. The number of nitrogens with one attached hydrogen (secondary N) is 1. The number of alkyl halides is 3. The van der Waals surface area contributed by atoms with E-state index < -0.39 is 23.6 Å². The van der Waals surface area contributed by atoms with Gasteiger partial charge in [0.2, 0.25) is 5.54 Å². The third-order valence-electron chi connectivity index (χ3n) is 2.79. The normalized spacial score (nSPS) is 14.5. The van der Waals surface area contributed by atoms with Gasteiger partial charge in [0, 0.05) is 10.6 Å². The molecule has 0 aliphatic carbocycles. The zero-order valence-corrected chi connectivity index (χ0v) is 11.3. The molecule has 0 bridgehead atoms. The zero-order chi connectivity index (χ0) is 15.7. The number of rotatable bonds is 3. The molecular weight excluding hydrogens is 299 g/mol. The summed E-state index contributed by atoms with van der Waals surface area (Å²) in [4.78, 5) is 22.5. The Labute approximate surface area is 117 Å². The highest BCUT2D eigenvalue weighted by atomic mass is 35.5. The molecule has 110 valence electrons. The topological polar surface area (TPSA) is 66.4 Å². The predicted octanol–water partition coefficient (Wildman–Crippen LogP) is 2.78. The first-order valence-electron chi connectivity index (χ1n) is 5.38. The largest absolute Gasteiger partial charge is 0.479 e. The second-order valence-corrected chi connectivity index (χ2v) is 4.75. The number of hydrogen-bond donors (Lipinski definition) is 2.